The average molecular weight is 383 g/mol. The Morgan fingerprint density at radius 3 is 1.20 bits per heavy atom. The van der Waals surface area contributed by atoms with Crippen molar-refractivity contribution in [3.63, 3.8) is 0 Å². The summed E-state index contributed by atoms with van der Waals surface area (Å²) in [6, 6.07) is 0. The van der Waals surface area contributed by atoms with Crippen molar-refractivity contribution >= 4 is 16.5 Å². The van der Waals surface area contributed by atoms with E-state index in [4.69, 9.17) is 16.5 Å². The summed E-state index contributed by atoms with van der Waals surface area (Å²) in [5.41, 5.74) is 0. The molecule has 0 aliphatic rings. The largest absolute Gasteiger partial charge is 0 e. The molecule has 5 heteroatoms. The van der Waals surface area contributed by atoms with E-state index >= 15 is 0 Å². The third-order valence-corrected chi connectivity index (χ3v) is 0. The van der Waals surface area contributed by atoms with Crippen LogP contribution in [0.1, 0.15) is 0 Å². The first-order valence-corrected chi connectivity index (χ1v) is 14.1. The van der Waals surface area contributed by atoms with Crippen LogP contribution in [-0.2, 0) is 48.3 Å². The van der Waals surface area contributed by atoms with Crippen LogP contribution >= 0.6 is 16.5 Å². The fourth-order valence-corrected chi connectivity index (χ4v) is 0. The summed E-state index contributed by atoms with van der Waals surface area (Å²) in [7, 11) is 9.97. The van der Waals surface area contributed by atoms with Crippen molar-refractivity contribution in [2.75, 3.05) is 0 Å². The van der Waals surface area contributed by atoms with Gasteiger partial charge in [0.25, 0.3) is 0 Å². The third-order valence-electron chi connectivity index (χ3n) is 0. The zero-order chi connectivity index (χ0) is 2.71. The van der Waals surface area contributed by atoms with Crippen molar-refractivity contribution in [3.05, 3.63) is 0 Å². The molecular weight excluding hydrogens is 382 g/mol. The molecule has 0 saturated heterocycles. The van der Waals surface area contributed by atoms with E-state index in [-0.39, 0.29) is 30.9 Å². The molecule has 0 amide bonds. The summed E-state index contributed by atoms with van der Waals surface area (Å²) in [6.45, 7) is 0. The van der Waals surface area contributed by atoms with E-state index in [1.54, 1.807) is 0 Å². The predicted octanol–water partition coefficient (Wildman–Crippen LogP) is 1.53. The van der Waals surface area contributed by atoms with Gasteiger partial charge in [-0.2, -0.15) is 0 Å². The van der Waals surface area contributed by atoms with Crippen molar-refractivity contribution in [3.8, 4) is 0 Å². The van der Waals surface area contributed by atoms with Gasteiger partial charge in [0.05, 0.1) is 0 Å². The maximum absolute atomic E-state index is 4.99. The molecule has 0 heterocycles. The van der Waals surface area contributed by atoms with Crippen molar-refractivity contribution in [1.82, 2.24) is 0 Å². The summed E-state index contributed by atoms with van der Waals surface area (Å²) >= 11 is -1.14. The van der Waals surface area contributed by atoms with Gasteiger partial charge in [0.1, 0.15) is 0 Å². The van der Waals surface area contributed by atoms with Crippen LogP contribution in [0.5, 0.6) is 0 Å². The minimum absolute atomic E-state index is 0. The molecule has 0 unspecified atom stereocenters. The van der Waals surface area contributed by atoms with Crippen molar-refractivity contribution in [2.45, 2.75) is 0 Å². The fraction of sp³-hybridized carbons (Fsp3) is 0. The van der Waals surface area contributed by atoms with E-state index in [1.165, 1.54) is 0 Å². The summed E-state index contributed by atoms with van der Waals surface area (Å²) in [5, 5.41) is 0. The Bertz CT molecular complexity index is 9.61. The van der Waals surface area contributed by atoms with Gasteiger partial charge in [0.2, 0.25) is 0 Å². The van der Waals surface area contributed by atoms with E-state index in [0.29, 0.717) is 0 Å². The molecule has 0 aromatic heterocycles. The van der Waals surface area contributed by atoms with Crippen molar-refractivity contribution < 1.29 is 53.0 Å². The Morgan fingerprint density at radius 1 is 1.20 bits per heavy atom. The molecular formula is HCl2FHgZr. The van der Waals surface area contributed by atoms with Gasteiger partial charge in [-0.05, 0) is 0 Å². The van der Waals surface area contributed by atoms with Crippen LogP contribution in [0.3, 0.4) is 0 Å². The predicted molar refractivity (Wildman–Crippen MR) is 14.2 cm³/mol. The van der Waals surface area contributed by atoms with Crippen LogP contribution in [0.4, 0.5) is 4.70 Å². The van der Waals surface area contributed by atoms with Crippen molar-refractivity contribution in [2.24, 2.45) is 0 Å². The van der Waals surface area contributed by atoms with Crippen molar-refractivity contribution in [1.29, 1.82) is 0 Å². The number of halogens is 3. The minimum Gasteiger partial charge on any atom is 0 e. The Hall–Kier alpha value is 2.33. The van der Waals surface area contributed by atoms with Gasteiger partial charge in [-0.25, -0.2) is 0 Å². The zero-order valence-electron chi connectivity index (χ0n) is 2.37. The second-order valence-corrected chi connectivity index (χ2v) is 7.98. The average Bonchev–Trinajstić information content (AvgIpc) is 0.918. The van der Waals surface area contributed by atoms with Crippen LogP contribution in [0.2, 0.25) is 0 Å². The third kappa shape index (κ3) is 21.9. The van der Waals surface area contributed by atoms with Crippen LogP contribution in [-0.4, -0.2) is 0 Å². The summed E-state index contributed by atoms with van der Waals surface area (Å²) in [6.07, 6.45) is 0. The Balaban J connectivity index is -0.0000000200. The molecule has 0 N–H and O–H groups in total. The molecule has 0 aliphatic carbocycles. The fourth-order valence-electron chi connectivity index (χ4n) is 0. The quantitative estimate of drug-likeness (QED) is 0.557. The van der Waals surface area contributed by atoms with E-state index < -0.39 is 22.1 Å². The molecule has 28 valence electrons. The summed E-state index contributed by atoms with van der Waals surface area (Å²) < 4.78 is 0. The minimum atomic E-state index is -1.14. The molecule has 5 heavy (non-hydrogen) atoms. The van der Waals surface area contributed by atoms with Gasteiger partial charge in [-0.15, -0.1) is 0 Å². The monoisotopic (exact) mass is 382 g/mol. The van der Waals surface area contributed by atoms with Gasteiger partial charge >= 0.3 is 38.6 Å². The first-order valence-electron chi connectivity index (χ1n) is 0.535. The Labute approximate surface area is 68.4 Å². The van der Waals surface area contributed by atoms with Crippen LogP contribution in [0, 0.1) is 0 Å². The van der Waals surface area contributed by atoms with Gasteiger partial charge < -0.3 is 0 Å². The molecule has 0 aromatic carbocycles. The molecule has 0 atom stereocenters. The molecule has 0 bridgehead atoms. The van der Waals surface area contributed by atoms with Crippen LogP contribution in [0.25, 0.3) is 0 Å². The SMILES string of the molecule is F.[Cl][Hg][Cl].[Zr]. The van der Waals surface area contributed by atoms with E-state index in [1.807, 2.05) is 0 Å². The standard InChI is InChI=1S/2ClH.FH.Hg.Zr/h3*1H;;/q;;;+2;/p-2. The van der Waals surface area contributed by atoms with Crippen LogP contribution in [0.15, 0.2) is 0 Å². The molecule has 0 aliphatic heterocycles. The molecule has 0 nitrogen and oxygen atoms in total. The first-order chi connectivity index (χ1) is 1.41. The number of hydrogen-bond donors (Lipinski definition) is 0. The molecule has 0 radical (unpaired) electrons. The second kappa shape index (κ2) is 16.2. The van der Waals surface area contributed by atoms with E-state index in [0.717, 1.165) is 0 Å². The maximum atomic E-state index is 4.99. The summed E-state index contributed by atoms with van der Waals surface area (Å²) in [4.78, 5) is 0. The van der Waals surface area contributed by atoms with Gasteiger partial charge in [0.15, 0.2) is 0 Å². The number of rotatable bonds is 0. The zero-order valence-corrected chi connectivity index (χ0v) is 11.8. The normalized spacial score (nSPS) is 2.00. The van der Waals surface area contributed by atoms with Gasteiger partial charge in [-0.1, -0.05) is 0 Å². The molecule has 0 saturated carbocycles. The van der Waals surface area contributed by atoms with Gasteiger partial charge in [0, 0.05) is 26.2 Å². The Kier molecular flexibility index (Phi) is 50.8. The van der Waals surface area contributed by atoms with Gasteiger partial charge in [-0.3, -0.25) is 4.70 Å². The smallest absolute Gasteiger partial charge is 0 e. The molecule has 0 spiro atoms. The Morgan fingerprint density at radius 2 is 1.20 bits per heavy atom. The molecule has 0 fully saturated rings. The van der Waals surface area contributed by atoms with E-state index in [9.17, 15) is 0 Å². The second-order valence-electron chi connectivity index (χ2n) is 0.101. The first kappa shape index (κ1) is 15.7. The molecule has 0 aromatic rings. The van der Waals surface area contributed by atoms with E-state index in [2.05, 4.69) is 0 Å². The maximum Gasteiger partial charge on any atom is 0 e. The van der Waals surface area contributed by atoms with Crippen LogP contribution < -0.4 is 0 Å². The number of hydrogen-bond acceptors (Lipinski definition) is 0. The summed E-state index contributed by atoms with van der Waals surface area (Å²) in [5.74, 6) is 0. The molecule has 0 rings (SSSR count). The topological polar surface area (TPSA) is 0 Å².